The van der Waals surface area contributed by atoms with Crippen LogP contribution in [0.2, 0.25) is 0 Å². The third-order valence-electron chi connectivity index (χ3n) is 10.2. The number of benzene rings is 7. The van der Waals surface area contributed by atoms with Crippen LogP contribution < -0.4 is 0 Å². The first-order chi connectivity index (χ1) is 24.8. The second-order valence-electron chi connectivity index (χ2n) is 12.9. The largest absolute Gasteiger partial charge is 0.276 e. The zero-order chi connectivity index (χ0) is 32.5. The fraction of sp³-hybridized carbons (Fsp3) is 0. The summed E-state index contributed by atoms with van der Waals surface area (Å²) in [7, 11) is 0. The van der Waals surface area contributed by atoms with Crippen molar-refractivity contribution in [1.29, 1.82) is 0 Å². The fourth-order valence-electron chi connectivity index (χ4n) is 8.17. The predicted octanol–water partition coefficient (Wildman–Crippen LogP) is 13.5. The Bertz CT molecular complexity index is 3400. The molecule has 12 aromatic rings. The summed E-state index contributed by atoms with van der Waals surface area (Å²) in [6, 6.07) is 50.6. The summed E-state index contributed by atoms with van der Waals surface area (Å²) in [6.07, 6.45) is 0. The van der Waals surface area contributed by atoms with Crippen LogP contribution in [0, 0.1) is 0 Å². The summed E-state index contributed by atoms with van der Waals surface area (Å²) in [5.41, 5.74) is 4.43. The Labute approximate surface area is 296 Å². The Hall–Kier alpha value is -5.66. The van der Waals surface area contributed by atoms with E-state index in [1.165, 1.54) is 77.5 Å². The van der Waals surface area contributed by atoms with E-state index in [0.717, 1.165) is 27.0 Å². The number of hydrogen-bond donors (Lipinski definition) is 0. The lowest BCUT2D eigenvalue weighted by Gasteiger charge is -2.12. The van der Waals surface area contributed by atoms with Gasteiger partial charge < -0.3 is 0 Å². The van der Waals surface area contributed by atoms with Gasteiger partial charge in [-0.05, 0) is 35.0 Å². The smallest absolute Gasteiger partial charge is 0.236 e. The Kier molecular flexibility index (Phi) is 5.42. The molecule has 5 heterocycles. The van der Waals surface area contributed by atoms with Gasteiger partial charge in [0.2, 0.25) is 5.95 Å². The number of aromatic nitrogens is 3. The number of fused-ring (bicyclic) bond motifs is 16. The second-order valence-corrected chi connectivity index (χ2v) is 16.0. The summed E-state index contributed by atoms with van der Waals surface area (Å²) < 4.78 is 8.68. The van der Waals surface area contributed by atoms with Gasteiger partial charge in [-0.1, -0.05) is 115 Å². The van der Waals surface area contributed by atoms with Gasteiger partial charge in [-0.25, -0.2) is 9.97 Å². The maximum absolute atomic E-state index is 5.67. The van der Waals surface area contributed by atoms with Gasteiger partial charge in [-0.3, -0.25) is 4.57 Å². The van der Waals surface area contributed by atoms with Crippen LogP contribution in [-0.4, -0.2) is 14.5 Å². The van der Waals surface area contributed by atoms with E-state index in [-0.39, 0.29) is 0 Å². The van der Waals surface area contributed by atoms with Crippen molar-refractivity contribution in [3.05, 3.63) is 140 Å². The highest BCUT2D eigenvalue weighted by Crippen LogP contribution is 2.49. The molecular formula is C44H23N3S3. The lowest BCUT2D eigenvalue weighted by Crippen LogP contribution is -2.03. The second kappa shape index (κ2) is 9.96. The fourth-order valence-corrected chi connectivity index (χ4v) is 11.7. The molecule has 7 aromatic carbocycles. The van der Waals surface area contributed by atoms with E-state index in [1.807, 2.05) is 22.7 Å². The van der Waals surface area contributed by atoms with Crippen molar-refractivity contribution < 1.29 is 0 Å². The normalized spacial score (nSPS) is 12.4. The minimum absolute atomic E-state index is 0.706. The molecule has 0 saturated heterocycles. The standard InChI is InChI=1S/C44H23N3S3/c1-2-14-26-25(13-1)36-28-15-3-7-20-32(28)47(40(36)42-37(26)29-16-5-9-22-34(29)49-42)44-45-39(38-30-17-6-10-23-35(30)50-43(38)46-44)31-19-11-18-27-24-12-4-8-21-33(24)48-41(27)31/h1-23H. The lowest BCUT2D eigenvalue weighted by molar-refractivity contribution is 1.02. The molecule has 0 aliphatic carbocycles. The molecule has 12 rings (SSSR count). The van der Waals surface area contributed by atoms with Crippen LogP contribution in [-0.2, 0) is 0 Å². The quantitative estimate of drug-likeness (QED) is 0.181. The van der Waals surface area contributed by atoms with Gasteiger partial charge in [0.1, 0.15) is 4.83 Å². The molecule has 0 atom stereocenters. The first kappa shape index (κ1) is 27.2. The average Bonchev–Trinajstić information content (AvgIpc) is 3.93. The Morgan fingerprint density at radius 1 is 0.400 bits per heavy atom. The molecule has 0 bridgehead atoms. The Morgan fingerprint density at radius 2 is 0.960 bits per heavy atom. The Morgan fingerprint density at radius 3 is 1.74 bits per heavy atom. The number of para-hydroxylation sites is 1. The van der Waals surface area contributed by atoms with E-state index in [0.29, 0.717) is 5.95 Å². The van der Waals surface area contributed by atoms with Gasteiger partial charge in [0.05, 0.1) is 21.4 Å². The van der Waals surface area contributed by atoms with Crippen LogP contribution >= 0.6 is 34.0 Å². The van der Waals surface area contributed by atoms with E-state index < -0.39 is 0 Å². The third kappa shape index (κ3) is 3.52. The summed E-state index contributed by atoms with van der Waals surface area (Å²) >= 11 is 5.48. The van der Waals surface area contributed by atoms with E-state index >= 15 is 0 Å². The van der Waals surface area contributed by atoms with Gasteiger partial charge in [0, 0.05) is 67.5 Å². The molecule has 0 spiro atoms. The molecular weight excluding hydrogens is 667 g/mol. The minimum atomic E-state index is 0.706. The predicted molar refractivity (Wildman–Crippen MR) is 218 cm³/mol. The average molecular weight is 690 g/mol. The molecule has 0 saturated carbocycles. The van der Waals surface area contributed by atoms with Crippen LogP contribution in [0.1, 0.15) is 0 Å². The van der Waals surface area contributed by atoms with Crippen LogP contribution in [0.3, 0.4) is 0 Å². The molecule has 6 heteroatoms. The molecule has 0 fully saturated rings. The van der Waals surface area contributed by atoms with Crippen molar-refractivity contribution in [3.63, 3.8) is 0 Å². The first-order valence-electron chi connectivity index (χ1n) is 16.7. The van der Waals surface area contributed by atoms with Crippen LogP contribution in [0.5, 0.6) is 0 Å². The molecule has 0 aliphatic heterocycles. The van der Waals surface area contributed by atoms with Gasteiger partial charge in [-0.2, -0.15) is 0 Å². The number of nitrogens with zero attached hydrogens (tertiary/aromatic N) is 3. The minimum Gasteiger partial charge on any atom is -0.276 e. The summed E-state index contributed by atoms with van der Waals surface area (Å²) in [5.74, 6) is 0.706. The van der Waals surface area contributed by atoms with Gasteiger partial charge in [-0.15, -0.1) is 34.0 Å². The van der Waals surface area contributed by atoms with Crippen molar-refractivity contribution in [2.24, 2.45) is 0 Å². The molecule has 0 unspecified atom stereocenters. The summed E-state index contributed by atoms with van der Waals surface area (Å²) in [4.78, 5) is 12.2. The highest BCUT2D eigenvalue weighted by atomic mass is 32.1. The monoisotopic (exact) mass is 689 g/mol. The molecule has 0 aliphatic rings. The third-order valence-corrected chi connectivity index (χ3v) is 13.7. The van der Waals surface area contributed by atoms with Gasteiger partial charge in [0.15, 0.2) is 0 Å². The van der Waals surface area contributed by atoms with Crippen LogP contribution in [0.4, 0.5) is 0 Å². The van der Waals surface area contributed by atoms with Crippen molar-refractivity contribution in [1.82, 2.24) is 14.5 Å². The van der Waals surface area contributed by atoms with Crippen molar-refractivity contribution >= 4 is 127 Å². The van der Waals surface area contributed by atoms with Gasteiger partial charge >= 0.3 is 0 Å². The highest BCUT2D eigenvalue weighted by molar-refractivity contribution is 7.27. The number of hydrogen-bond acceptors (Lipinski definition) is 5. The molecule has 0 radical (unpaired) electrons. The highest BCUT2D eigenvalue weighted by Gasteiger charge is 2.25. The van der Waals surface area contributed by atoms with Gasteiger partial charge in [0.25, 0.3) is 0 Å². The molecule has 50 heavy (non-hydrogen) atoms. The molecule has 3 nitrogen and oxygen atoms in total. The zero-order valence-electron chi connectivity index (χ0n) is 26.3. The topological polar surface area (TPSA) is 30.7 Å². The molecule has 0 N–H and O–H groups in total. The maximum atomic E-state index is 5.67. The van der Waals surface area contributed by atoms with Crippen molar-refractivity contribution in [2.75, 3.05) is 0 Å². The van der Waals surface area contributed by atoms with Crippen LogP contribution in [0.25, 0.3) is 110 Å². The maximum Gasteiger partial charge on any atom is 0.236 e. The summed E-state index contributed by atoms with van der Waals surface area (Å²) in [5, 5.41) is 12.5. The van der Waals surface area contributed by atoms with Crippen LogP contribution in [0.15, 0.2) is 140 Å². The molecule has 0 amide bonds. The SMILES string of the molecule is c1ccc2c(c1)sc1c(-c3nc(-n4c5ccccc5c5c6ccccc6c6c7ccccc7sc6c54)nc4sc5ccccc5c34)cccc12. The number of rotatable bonds is 2. The van der Waals surface area contributed by atoms with E-state index in [9.17, 15) is 0 Å². The van der Waals surface area contributed by atoms with Crippen molar-refractivity contribution in [2.45, 2.75) is 0 Å². The molecule has 5 aromatic heterocycles. The zero-order valence-corrected chi connectivity index (χ0v) is 28.8. The lowest BCUT2D eigenvalue weighted by atomic mass is 9.99. The number of thiophene rings is 3. The Balaban J connectivity index is 1.30. The van der Waals surface area contributed by atoms with E-state index in [4.69, 9.17) is 9.97 Å². The summed E-state index contributed by atoms with van der Waals surface area (Å²) in [6.45, 7) is 0. The molecule has 232 valence electrons. The van der Waals surface area contributed by atoms with Crippen molar-refractivity contribution in [3.8, 4) is 17.2 Å². The first-order valence-corrected chi connectivity index (χ1v) is 19.1. The van der Waals surface area contributed by atoms with E-state index in [1.54, 1.807) is 11.3 Å². The van der Waals surface area contributed by atoms with E-state index in [2.05, 4.69) is 144 Å².